The van der Waals surface area contributed by atoms with E-state index in [1.807, 2.05) is 12.1 Å². The maximum absolute atomic E-state index is 11.6. The van der Waals surface area contributed by atoms with E-state index in [0.29, 0.717) is 24.2 Å². The predicted octanol–water partition coefficient (Wildman–Crippen LogP) is 1.34. The number of benzene rings is 1. The van der Waals surface area contributed by atoms with Crippen molar-refractivity contribution in [3.05, 3.63) is 29.8 Å². The highest BCUT2D eigenvalue weighted by atomic mass is 16.2. The highest BCUT2D eigenvalue weighted by Crippen LogP contribution is 2.08. The number of likely N-dealkylation sites (N-methyl/N-ethyl adjacent to an activating group) is 1. The summed E-state index contributed by atoms with van der Waals surface area (Å²) in [6.07, 6.45) is 0.403. The summed E-state index contributed by atoms with van der Waals surface area (Å²) in [5.74, 6) is -0.139. The zero-order valence-electron chi connectivity index (χ0n) is 10.2. The fourth-order valence-corrected chi connectivity index (χ4v) is 1.39. The van der Waals surface area contributed by atoms with Crippen LogP contribution in [0.3, 0.4) is 0 Å². The van der Waals surface area contributed by atoms with E-state index in [0.717, 1.165) is 0 Å². The van der Waals surface area contributed by atoms with Gasteiger partial charge in [0.25, 0.3) is 0 Å². The molecule has 0 unspecified atom stereocenters. The van der Waals surface area contributed by atoms with E-state index < -0.39 is 0 Å². The summed E-state index contributed by atoms with van der Waals surface area (Å²) in [6, 6.07) is 10.7. The Balaban J connectivity index is 2.44. The Morgan fingerprint density at radius 2 is 2.00 bits per heavy atom. The summed E-state index contributed by atoms with van der Waals surface area (Å²) in [5.41, 5.74) is 1.21. The molecule has 92 valence electrons. The molecule has 1 amide bonds. The molecule has 1 aromatic rings. The van der Waals surface area contributed by atoms with Crippen LogP contribution in [-0.2, 0) is 4.79 Å². The lowest BCUT2D eigenvalue weighted by molar-refractivity contribution is -0.117. The monoisotopic (exact) mass is 242 g/mol. The number of hydrogen-bond acceptors (Lipinski definition) is 4. The maximum Gasteiger partial charge on any atom is 0.238 e. The summed E-state index contributed by atoms with van der Waals surface area (Å²) in [6.45, 7) is 0.805. The minimum absolute atomic E-state index is 0.139. The first-order valence-electron chi connectivity index (χ1n) is 5.51. The van der Waals surface area contributed by atoms with E-state index in [-0.39, 0.29) is 12.5 Å². The Morgan fingerprint density at radius 3 is 2.56 bits per heavy atom. The molecule has 0 atom stereocenters. The van der Waals surface area contributed by atoms with Crippen LogP contribution in [0.5, 0.6) is 0 Å². The van der Waals surface area contributed by atoms with Crippen molar-refractivity contribution < 1.29 is 4.79 Å². The van der Waals surface area contributed by atoms with Crippen molar-refractivity contribution in [3.63, 3.8) is 0 Å². The van der Waals surface area contributed by atoms with Crippen LogP contribution in [-0.4, -0.2) is 30.9 Å². The number of hydrogen-bond donors (Lipinski definition) is 1. The molecule has 0 spiro atoms. The molecule has 0 aliphatic carbocycles. The average Bonchev–Trinajstić information content (AvgIpc) is 2.37. The van der Waals surface area contributed by atoms with Gasteiger partial charge < -0.3 is 5.32 Å². The topological polar surface area (TPSA) is 79.9 Å². The van der Waals surface area contributed by atoms with Crippen LogP contribution in [0.25, 0.3) is 0 Å². The van der Waals surface area contributed by atoms with Crippen molar-refractivity contribution in [3.8, 4) is 12.1 Å². The van der Waals surface area contributed by atoms with Gasteiger partial charge in [-0.15, -0.1) is 0 Å². The van der Waals surface area contributed by atoms with Crippen LogP contribution >= 0.6 is 0 Å². The fraction of sp³-hybridized carbons (Fsp3) is 0.308. The molecule has 0 saturated carbocycles. The van der Waals surface area contributed by atoms with Gasteiger partial charge in [0, 0.05) is 18.7 Å². The number of carbonyl (C=O) groups is 1. The second-order valence-electron chi connectivity index (χ2n) is 3.88. The lowest BCUT2D eigenvalue weighted by Crippen LogP contribution is -2.30. The number of carbonyl (C=O) groups excluding carboxylic acids is 1. The molecule has 1 aromatic carbocycles. The summed E-state index contributed by atoms with van der Waals surface area (Å²) in [5, 5.41) is 19.8. The first-order valence-corrected chi connectivity index (χ1v) is 5.51. The molecular weight excluding hydrogens is 228 g/mol. The van der Waals surface area contributed by atoms with Crippen LogP contribution in [0.1, 0.15) is 12.0 Å². The van der Waals surface area contributed by atoms with Crippen molar-refractivity contribution in [2.45, 2.75) is 6.42 Å². The van der Waals surface area contributed by atoms with Crippen molar-refractivity contribution >= 4 is 11.6 Å². The maximum atomic E-state index is 11.6. The number of nitrogens with zero attached hydrogens (tertiary/aromatic N) is 3. The normalized spacial score (nSPS) is 9.56. The molecule has 0 fully saturated rings. The number of rotatable bonds is 5. The Hall–Kier alpha value is -2.37. The Kier molecular flexibility index (Phi) is 5.37. The smallest absolute Gasteiger partial charge is 0.238 e. The number of anilines is 1. The van der Waals surface area contributed by atoms with E-state index >= 15 is 0 Å². The summed E-state index contributed by atoms with van der Waals surface area (Å²) >= 11 is 0. The first kappa shape index (κ1) is 13.7. The van der Waals surface area contributed by atoms with Gasteiger partial charge in [0.05, 0.1) is 24.2 Å². The largest absolute Gasteiger partial charge is 0.325 e. The third-order valence-corrected chi connectivity index (χ3v) is 2.32. The molecule has 5 heteroatoms. The summed E-state index contributed by atoms with van der Waals surface area (Å²) in [7, 11) is 1.79. The molecule has 0 aromatic heterocycles. The lowest BCUT2D eigenvalue weighted by Gasteiger charge is -2.14. The van der Waals surface area contributed by atoms with Gasteiger partial charge in [-0.2, -0.15) is 10.5 Å². The van der Waals surface area contributed by atoms with E-state index in [2.05, 4.69) is 5.32 Å². The standard InChI is InChI=1S/C13H14N4O/c1-17(8-2-7-14)10-13(18)16-12-5-3-11(9-15)4-6-12/h3-6H,2,8,10H2,1H3,(H,16,18). The second kappa shape index (κ2) is 7.05. The number of nitrogens with one attached hydrogen (secondary N) is 1. The molecule has 1 rings (SSSR count). The average molecular weight is 242 g/mol. The molecule has 0 bridgehead atoms. The zero-order chi connectivity index (χ0) is 13.4. The lowest BCUT2D eigenvalue weighted by atomic mass is 10.2. The number of amides is 1. The molecular formula is C13H14N4O. The molecule has 0 radical (unpaired) electrons. The van der Waals surface area contributed by atoms with Crippen LogP contribution in [0.2, 0.25) is 0 Å². The van der Waals surface area contributed by atoms with E-state index in [4.69, 9.17) is 10.5 Å². The Morgan fingerprint density at radius 1 is 1.33 bits per heavy atom. The fourth-order valence-electron chi connectivity index (χ4n) is 1.39. The minimum atomic E-state index is -0.139. The second-order valence-corrected chi connectivity index (χ2v) is 3.88. The first-order chi connectivity index (χ1) is 8.65. The quantitative estimate of drug-likeness (QED) is 0.845. The Bertz CT molecular complexity index is 481. The van der Waals surface area contributed by atoms with Crippen molar-refractivity contribution in [2.75, 3.05) is 25.5 Å². The molecule has 5 nitrogen and oxygen atoms in total. The molecule has 0 aliphatic rings. The molecule has 18 heavy (non-hydrogen) atoms. The van der Waals surface area contributed by atoms with Crippen molar-refractivity contribution in [1.29, 1.82) is 10.5 Å². The predicted molar refractivity (Wildman–Crippen MR) is 67.5 cm³/mol. The van der Waals surface area contributed by atoms with Gasteiger partial charge in [-0.1, -0.05) is 0 Å². The van der Waals surface area contributed by atoms with Gasteiger partial charge in [-0.05, 0) is 31.3 Å². The van der Waals surface area contributed by atoms with Crippen LogP contribution in [0.15, 0.2) is 24.3 Å². The summed E-state index contributed by atoms with van der Waals surface area (Å²) in [4.78, 5) is 13.4. The highest BCUT2D eigenvalue weighted by molar-refractivity contribution is 5.92. The third-order valence-electron chi connectivity index (χ3n) is 2.32. The van der Waals surface area contributed by atoms with Gasteiger partial charge in [-0.3, -0.25) is 9.69 Å². The van der Waals surface area contributed by atoms with Gasteiger partial charge in [0.15, 0.2) is 0 Å². The molecule has 1 N–H and O–H groups in total. The SMILES string of the molecule is CN(CCC#N)CC(=O)Nc1ccc(C#N)cc1. The highest BCUT2D eigenvalue weighted by Gasteiger charge is 2.06. The van der Waals surface area contributed by atoms with Crippen LogP contribution < -0.4 is 5.32 Å². The van der Waals surface area contributed by atoms with E-state index in [1.54, 1.807) is 36.2 Å². The third kappa shape index (κ3) is 4.65. The van der Waals surface area contributed by atoms with E-state index in [1.165, 1.54) is 0 Å². The van der Waals surface area contributed by atoms with Crippen molar-refractivity contribution in [2.24, 2.45) is 0 Å². The van der Waals surface area contributed by atoms with E-state index in [9.17, 15) is 4.79 Å². The zero-order valence-corrected chi connectivity index (χ0v) is 10.2. The number of nitriles is 2. The minimum Gasteiger partial charge on any atom is -0.325 e. The van der Waals surface area contributed by atoms with Gasteiger partial charge in [-0.25, -0.2) is 0 Å². The molecule has 0 saturated heterocycles. The van der Waals surface area contributed by atoms with Gasteiger partial charge in [0.2, 0.25) is 5.91 Å². The Labute approximate surface area is 106 Å². The van der Waals surface area contributed by atoms with Crippen LogP contribution in [0.4, 0.5) is 5.69 Å². The summed E-state index contributed by atoms with van der Waals surface area (Å²) < 4.78 is 0. The van der Waals surface area contributed by atoms with Crippen molar-refractivity contribution in [1.82, 2.24) is 4.90 Å². The molecule has 0 aliphatic heterocycles. The van der Waals surface area contributed by atoms with Gasteiger partial charge >= 0.3 is 0 Å². The molecule has 0 heterocycles. The van der Waals surface area contributed by atoms with Crippen LogP contribution in [0, 0.1) is 22.7 Å². The van der Waals surface area contributed by atoms with Gasteiger partial charge in [0.1, 0.15) is 0 Å².